The Bertz CT molecular complexity index is 234. The van der Waals surface area contributed by atoms with Crippen LogP contribution in [-0.2, 0) is 28.6 Å². The van der Waals surface area contributed by atoms with E-state index in [9.17, 15) is 14.4 Å². The summed E-state index contributed by atoms with van der Waals surface area (Å²) in [5.41, 5.74) is 0. The summed E-state index contributed by atoms with van der Waals surface area (Å²) in [5.74, 6) is -1.51. The molecular formula is C9H15NaO6. The first-order valence-electron chi connectivity index (χ1n) is 4.35. The summed E-state index contributed by atoms with van der Waals surface area (Å²) in [6, 6.07) is 0. The van der Waals surface area contributed by atoms with Gasteiger partial charge in [-0.05, 0) is 0 Å². The number of rotatable bonds is 5. The summed E-state index contributed by atoms with van der Waals surface area (Å²) in [5, 5.41) is 0. The van der Waals surface area contributed by atoms with Gasteiger partial charge in [-0.1, -0.05) is 0 Å². The number of hydrogen-bond donors (Lipinski definition) is 0. The van der Waals surface area contributed by atoms with Crippen LogP contribution in [0.2, 0.25) is 0 Å². The predicted molar refractivity (Wildman–Crippen MR) is 56.0 cm³/mol. The molecule has 7 heteroatoms. The number of ether oxygens (including phenoxy) is 3. The molecule has 0 saturated carbocycles. The minimum absolute atomic E-state index is 0. The van der Waals surface area contributed by atoms with Crippen LogP contribution in [0.5, 0.6) is 0 Å². The van der Waals surface area contributed by atoms with Gasteiger partial charge in [0.2, 0.25) is 0 Å². The van der Waals surface area contributed by atoms with Crippen molar-refractivity contribution in [2.45, 2.75) is 26.9 Å². The number of esters is 3. The zero-order valence-corrected chi connectivity index (χ0v) is 8.94. The van der Waals surface area contributed by atoms with E-state index in [0.717, 1.165) is 0 Å². The second-order valence-electron chi connectivity index (χ2n) is 2.84. The molecule has 16 heavy (non-hydrogen) atoms. The van der Waals surface area contributed by atoms with Crippen molar-refractivity contribution in [2.24, 2.45) is 0 Å². The van der Waals surface area contributed by atoms with Crippen molar-refractivity contribution in [3.63, 3.8) is 0 Å². The average Bonchev–Trinajstić information content (AvgIpc) is 2.08. The first-order valence-corrected chi connectivity index (χ1v) is 4.35. The van der Waals surface area contributed by atoms with Gasteiger partial charge in [-0.2, -0.15) is 0 Å². The van der Waals surface area contributed by atoms with E-state index >= 15 is 0 Å². The first kappa shape index (κ1) is 17.8. The Labute approximate surface area is 116 Å². The molecular weight excluding hydrogens is 227 g/mol. The van der Waals surface area contributed by atoms with Crippen molar-refractivity contribution >= 4 is 47.5 Å². The fraction of sp³-hybridized carbons (Fsp3) is 0.667. The molecule has 0 aromatic carbocycles. The van der Waals surface area contributed by atoms with Crippen LogP contribution in [0.1, 0.15) is 20.8 Å². The van der Waals surface area contributed by atoms with Gasteiger partial charge in [-0.3, -0.25) is 14.4 Å². The van der Waals surface area contributed by atoms with E-state index in [2.05, 4.69) is 9.47 Å². The Morgan fingerprint density at radius 2 is 1.25 bits per heavy atom. The molecule has 0 rings (SSSR count). The summed E-state index contributed by atoms with van der Waals surface area (Å²) in [4.78, 5) is 31.6. The summed E-state index contributed by atoms with van der Waals surface area (Å²) < 4.78 is 14.0. The van der Waals surface area contributed by atoms with Crippen LogP contribution in [0.15, 0.2) is 0 Å². The quantitative estimate of drug-likeness (QED) is 0.364. The standard InChI is InChI=1S/C9H14O6.Na.H/c1-6(10)13-4-9(15-8(3)12)5-14-7(2)11;;/h9H,4-5H2,1-3H3;;. The Morgan fingerprint density at radius 3 is 1.50 bits per heavy atom. The van der Waals surface area contributed by atoms with Crippen LogP contribution >= 0.6 is 0 Å². The van der Waals surface area contributed by atoms with Crippen molar-refractivity contribution in [3.8, 4) is 0 Å². The van der Waals surface area contributed by atoms with Gasteiger partial charge in [0, 0.05) is 20.8 Å². The van der Waals surface area contributed by atoms with Crippen molar-refractivity contribution in [1.29, 1.82) is 0 Å². The third kappa shape index (κ3) is 11.5. The van der Waals surface area contributed by atoms with Gasteiger partial charge in [0.25, 0.3) is 0 Å². The molecule has 0 aromatic rings. The molecule has 0 spiro atoms. The summed E-state index contributed by atoms with van der Waals surface area (Å²) in [6.07, 6.45) is -0.754. The third-order valence-corrected chi connectivity index (χ3v) is 1.28. The van der Waals surface area contributed by atoms with Crippen LogP contribution in [0, 0.1) is 0 Å². The molecule has 0 fully saturated rings. The zero-order valence-electron chi connectivity index (χ0n) is 8.94. The van der Waals surface area contributed by atoms with Gasteiger partial charge < -0.3 is 14.2 Å². The molecule has 88 valence electrons. The van der Waals surface area contributed by atoms with Crippen LogP contribution in [-0.4, -0.2) is 66.8 Å². The molecule has 0 radical (unpaired) electrons. The van der Waals surface area contributed by atoms with Gasteiger partial charge >= 0.3 is 47.5 Å². The topological polar surface area (TPSA) is 78.9 Å². The maximum absolute atomic E-state index is 10.6. The normalized spacial score (nSPS) is 9.00. The molecule has 0 atom stereocenters. The molecule has 0 unspecified atom stereocenters. The van der Waals surface area contributed by atoms with E-state index in [1.807, 2.05) is 0 Å². The van der Waals surface area contributed by atoms with E-state index in [-0.39, 0.29) is 42.8 Å². The van der Waals surface area contributed by atoms with Crippen molar-refractivity contribution in [1.82, 2.24) is 0 Å². The molecule has 0 heterocycles. The van der Waals surface area contributed by atoms with E-state index < -0.39 is 24.0 Å². The van der Waals surface area contributed by atoms with Crippen LogP contribution in [0.3, 0.4) is 0 Å². The second-order valence-corrected chi connectivity index (χ2v) is 2.84. The molecule has 0 aromatic heterocycles. The van der Waals surface area contributed by atoms with Gasteiger partial charge in [0.1, 0.15) is 13.2 Å². The molecule has 0 saturated heterocycles. The molecule has 6 nitrogen and oxygen atoms in total. The molecule has 0 N–H and O–H groups in total. The van der Waals surface area contributed by atoms with Gasteiger partial charge in [0.05, 0.1) is 0 Å². The summed E-state index contributed by atoms with van der Waals surface area (Å²) in [7, 11) is 0. The maximum atomic E-state index is 10.6. The Hall–Kier alpha value is -0.590. The number of carbonyl (C=O) groups excluding carboxylic acids is 3. The van der Waals surface area contributed by atoms with E-state index in [4.69, 9.17) is 4.74 Å². The molecule has 0 aliphatic rings. The van der Waals surface area contributed by atoms with Crippen LogP contribution in [0.25, 0.3) is 0 Å². The van der Waals surface area contributed by atoms with E-state index in [0.29, 0.717) is 0 Å². The predicted octanol–water partition coefficient (Wildman–Crippen LogP) is -0.604. The average molecular weight is 242 g/mol. The first-order chi connectivity index (χ1) is 6.91. The minimum atomic E-state index is -0.754. The van der Waals surface area contributed by atoms with Gasteiger partial charge in [0.15, 0.2) is 6.10 Å². The fourth-order valence-corrected chi connectivity index (χ4v) is 0.771. The van der Waals surface area contributed by atoms with Crippen molar-refractivity contribution < 1.29 is 28.6 Å². The summed E-state index contributed by atoms with van der Waals surface area (Å²) >= 11 is 0. The van der Waals surface area contributed by atoms with Crippen molar-refractivity contribution in [3.05, 3.63) is 0 Å². The number of hydrogen-bond acceptors (Lipinski definition) is 6. The second kappa shape index (κ2) is 9.62. The molecule has 0 amide bonds. The van der Waals surface area contributed by atoms with E-state index in [1.165, 1.54) is 20.8 Å². The van der Waals surface area contributed by atoms with Crippen LogP contribution < -0.4 is 0 Å². The van der Waals surface area contributed by atoms with E-state index in [1.54, 1.807) is 0 Å². The van der Waals surface area contributed by atoms with Crippen LogP contribution in [0.4, 0.5) is 0 Å². The van der Waals surface area contributed by atoms with Crippen molar-refractivity contribution in [2.75, 3.05) is 13.2 Å². The zero-order chi connectivity index (χ0) is 11.8. The molecule has 0 bridgehead atoms. The molecule has 0 aliphatic heterocycles. The van der Waals surface area contributed by atoms with Gasteiger partial charge in [-0.15, -0.1) is 0 Å². The monoisotopic (exact) mass is 242 g/mol. The Balaban J connectivity index is 0. The Morgan fingerprint density at radius 1 is 0.875 bits per heavy atom. The number of carbonyl (C=O) groups is 3. The Kier molecular flexibility index (Phi) is 10.7. The molecule has 0 aliphatic carbocycles. The van der Waals surface area contributed by atoms with Gasteiger partial charge in [-0.25, -0.2) is 0 Å². The fourth-order valence-electron chi connectivity index (χ4n) is 0.771. The SMILES string of the molecule is CC(=O)OCC(COC(C)=O)OC(C)=O.[NaH]. The third-order valence-electron chi connectivity index (χ3n) is 1.28. The summed E-state index contributed by atoms with van der Waals surface area (Å²) in [6.45, 7) is 3.44.